The number of hydrogen-bond donors (Lipinski definition) is 3. The third-order valence-electron chi connectivity index (χ3n) is 3.39. The number of guanidine groups is 1. The fourth-order valence-corrected chi connectivity index (χ4v) is 2.47. The molecule has 0 saturated carbocycles. The number of halogens is 2. The third-order valence-corrected chi connectivity index (χ3v) is 4.80. The number of nitrogens with one attached hydrogen (secondary N) is 3. The van der Waals surface area contributed by atoms with E-state index < -0.39 is 10.0 Å². The molecule has 9 heteroatoms. The van der Waals surface area contributed by atoms with Crippen molar-refractivity contribution in [1.29, 1.82) is 0 Å². The summed E-state index contributed by atoms with van der Waals surface area (Å²) >= 11 is 0. The van der Waals surface area contributed by atoms with Crippen LogP contribution in [0.25, 0.3) is 0 Å². The molecule has 0 aliphatic heterocycles. The van der Waals surface area contributed by atoms with Crippen molar-refractivity contribution in [2.75, 3.05) is 25.9 Å². The van der Waals surface area contributed by atoms with Crippen molar-refractivity contribution < 1.29 is 12.8 Å². The highest BCUT2D eigenvalue weighted by molar-refractivity contribution is 14.0. The predicted molar refractivity (Wildman–Crippen MR) is 107 cm³/mol. The minimum Gasteiger partial charge on any atom is -0.355 e. The second-order valence-corrected chi connectivity index (χ2v) is 7.27. The maximum absolute atomic E-state index is 13.6. The number of aryl methyl sites for hydroxylation is 1. The standard InChI is InChI=1S/C15H25FN4O2S.HI/c1-5-23(21,22)19-9-8-18-15(17-4)20-12(3)13-7-6-11(2)14(16)10-13;/h6-7,10,12,19H,5,8-9H2,1-4H3,(H2,17,18,20);1H. The molecule has 1 rings (SSSR count). The lowest BCUT2D eigenvalue weighted by atomic mass is 10.1. The van der Waals surface area contributed by atoms with Gasteiger partial charge in [0.25, 0.3) is 0 Å². The van der Waals surface area contributed by atoms with Gasteiger partial charge in [-0.05, 0) is 38.0 Å². The first-order valence-electron chi connectivity index (χ1n) is 7.49. The molecule has 0 amide bonds. The molecule has 0 bridgehead atoms. The molecule has 24 heavy (non-hydrogen) atoms. The molecule has 0 spiro atoms. The lowest BCUT2D eigenvalue weighted by molar-refractivity contribution is 0.581. The Balaban J connectivity index is 0.00000529. The maximum atomic E-state index is 13.6. The molecule has 0 heterocycles. The van der Waals surface area contributed by atoms with Crippen LogP contribution in [0.1, 0.15) is 31.0 Å². The SMILES string of the molecule is CCS(=O)(=O)NCCNC(=NC)NC(C)c1ccc(C)c(F)c1.I. The van der Waals surface area contributed by atoms with Crippen molar-refractivity contribution in [2.24, 2.45) is 4.99 Å². The van der Waals surface area contributed by atoms with Crippen LogP contribution in [-0.2, 0) is 10.0 Å². The largest absolute Gasteiger partial charge is 0.355 e. The van der Waals surface area contributed by atoms with E-state index >= 15 is 0 Å². The summed E-state index contributed by atoms with van der Waals surface area (Å²) in [6.07, 6.45) is 0. The van der Waals surface area contributed by atoms with E-state index in [1.807, 2.05) is 13.0 Å². The molecule has 6 nitrogen and oxygen atoms in total. The van der Waals surface area contributed by atoms with Gasteiger partial charge in [-0.25, -0.2) is 17.5 Å². The summed E-state index contributed by atoms with van der Waals surface area (Å²) in [5.41, 5.74) is 1.41. The number of benzene rings is 1. The summed E-state index contributed by atoms with van der Waals surface area (Å²) in [6.45, 7) is 5.86. The Bertz CT molecular complexity index is 653. The highest BCUT2D eigenvalue weighted by atomic mass is 127. The van der Waals surface area contributed by atoms with Gasteiger partial charge < -0.3 is 10.6 Å². The second-order valence-electron chi connectivity index (χ2n) is 5.17. The predicted octanol–water partition coefficient (Wildman–Crippen LogP) is 1.92. The maximum Gasteiger partial charge on any atom is 0.211 e. The summed E-state index contributed by atoms with van der Waals surface area (Å²) in [6, 6.07) is 4.95. The van der Waals surface area contributed by atoms with Gasteiger partial charge in [0.15, 0.2) is 5.96 Å². The number of hydrogen-bond acceptors (Lipinski definition) is 3. The Morgan fingerprint density at radius 3 is 2.54 bits per heavy atom. The smallest absolute Gasteiger partial charge is 0.211 e. The fourth-order valence-electron chi connectivity index (χ4n) is 1.85. The van der Waals surface area contributed by atoms with Crippen molar-refractivity contribution in [1.82, 2.24) is 15.4 Å². The van der Waals surface area contributed by atoms with Gasteiger partial charge in [-0.15, -0.1) is 24.0 Å². The van der Waals surface area contributed by atoms with E-state index in [1.54, 1.807) is 27.0 Å². The van der Waals surface area contributed by atoms with E-state index in [1.165, 1.54) is 6.07 Å². The Morgan fingerprint density at radius 2 is 2.00 bits per heavy atom. The molecule has 1 aromatic rings. The van der Waals surface area contributed by atoms with Gasteiger partial charge in [-0.2, -0.15) is 0 Å². The summed E-state index contributed by atoms with van der Waals surface area (Å²) in [4.78, 5) is 4.07. The quantitative estimate of drug-likeness (QED) is 0.245. The second kappa shape index (κ2) is 10.8. The van der Waals surface area contributed by atoms with Crippen LogP contribution in [0.2, 0.25) is 0 Å². The minimum absolute atomic E-state index is 0. The van der Waals surface area contributed by atoms with Gasteiger partial charge in [-0.1, -0.05) is 12.1 Å². The van der Waals surface area contributed by atoms with Crippen LogP contribution in [0.5, 0.6) is 0 Å². The number of sulfonamides is 1. The number of rotatable bonds is 7. The van der Waals surface area contributed by atoms with Gasteiger partial charge in [0.05, 0.1) is 11.8 Å². The van der Waals surface area contributed by atoms with Gasteiger partial charge in [0.1, 0.15) is 5.82 Å². The van der Waals surface area contributed by atoms with Crippen molar-refractivity contribution >= 4 is 40.0 Å². The van der Waals surface area contributed by atoms with Crippen LogP contribution in [0.3, 0.4) is 0 Å². The molecule has 1 atom stereocenters. The molecule has 3 N–H and O–H groups in total. The Kier molecular flexibility index (Phi) is 10.4. The summed E-state index contributed by atoms with van der Waals surface area (Å²) < 4.78 is 38.7. The van der Waals surface area contributed by atoms with Crippen LogP contribution < -0.4 is 15.4 Å². The molecule has 1 unspecified atom stereocenters. The van der Waals surface area contributed by atoms with Gasteiger partial charge in [0, 0.05) is 20.1 Å². The molecule has 0 aromatic heterocycles. The zero-order chi connectivity index (χ0) is 17.5. The fraction of sp³-hybridized carbons (Fsp3) is 0.533. The van der Waals surface area contributed by atoms with Crippen LogP contribution >= 0.6 is 24.0 Å². The van der Waals surface area contributed by atoms with Crippen LogP contribution in [0.15, 0.2) is 23.2 Å². The Morgan fingerprint density at radius 1 is 1.33 bits per heavy atom. The lowest BCUT2D eigenvalue weighted by Crippen LogP contribution is -2.42. The van der Waals surface area contributed by atoms with E-state index in [9.17, 15) is 12.8 Å². The molecular weight excluding hydrogens is 446 g/mol. The van der Waals surface area contributed by atoms with E-state index in [4.69, 9.17) is 0 Å². The van der Waals surface area contributed by atoms with Gasteiger partial charge in [-0.3, -0.25) is 4.99 Å². The zero-order valence-electron chi connectivity index (χ0n) is 14.4. The first kappa shape index (κ1) is 23.1. The van der Waals surface area contributed by atoms with Crippen molar-refractivity contribution in [2.45, 2.75) is 26.8 Å². The number of aliphatic imine (C=N–C) groups is 1. The monoisotopic (exact) mass is 472 g/mol. The van der Waals surface area contributed by atoms with Crippen molar-refractivity contribution in [3.05, 3.63) is 35.1 Å². The van der Waals surface area contributed by atoms with Crippen LogP contribution in [0, 0.1) is 12.7 Å². The first-order chi connectivity index (χ1) is 10.8. The van der Waals surface area contributed by atoms with Crippen molar-refractivity contribution in [3.63, 3.8) is 0 Å². The molecule has 0 saturated heterocycles. The number of nitrogens with zero attached hydrogens (tertiary/aromatic N) is 1. The Hall–Kier alpha value is -0.940. The summed E-state index contributed by atoms with van der Waals surface area (Å²) in [5, 5.41) is 6.15. The summed E-state index contributed by atoms with van der Waals surface area (Å²) in [5.74, 6) is 0.331. The first-order valence-corrected chi connectivity index (χ1v) is 9.15. The van der Waals surface area contributed by atoms with E-state index in [-0.39, 0.29) is 48.1 Å². The molecule has 0 fully saturated rings. The highest BCUT2D eigenvalue weighted by Gasteiger charge is 2.10. The topological polar surface area (TPSA) is 82.6 Å². The van der Waals surface area contributed by atoms with E-state index in [0.717, 1.165) is 5.56 Å². The molecule has 138 valence electrons. The molecular formula is C15H26FIN4O2S. The van der Waals surface area contributed by atoms with E-state index in [0.29, 0.717) is 18.1 Å². The molecule has 0 aliphatic rings. The third kappa shape index (κ3) is 7.75. The molecule has 1 aromatic carbocycles. The van der Waals surface area contributed by atoms with Crippen LogP contribution in [0.4, 0.5) is 4.39 Å². The highest BCUT2D eigenvalue weighted by Crippen LogP contribution is 2.16. The molecule has 0 radical (unpaired) electrons. The van der Waals surface area contributed by atoms with Crippen molar-refractivity contribution in [3.8, 4) is 0 Å². The summed E-state index contributed by atoms with van der Waals surface area (Å²) in [7, 11) is -1.57. The average molecular weight is 472 g/mol. The Labute approximate surface area is 160 Å². The average Bonchev–Trinajstić information content (AvgIpc) is 2.52. The van der Waals surface area contributed by atoms with E-state index in [2.05, 4.69) is 20.3 Å². The van der Waals surface area contributed by atoms with Gasteiger partial charge in [0.2, 0.25) is 10.0 Å². The lowest BCUT2D eigenvalue weighted by Gasteiger charge is -2.18. The van der Waals surface area contributed by atoms with Crippen LogP contribution in [-0.4, -0.2) is 40.3 Å². The normalized spacial score (nSPS) is 13.1. The van der Waals surface area contributed by atoms with Gasteiger partial charge >= 0.3 is 0 Å². The minimum atomic E-state index is -3.19. The zero-order valence-corrected chi connectivity index (χ0v) is 17.5. The molecule has 0 aliphatic carbocycles.